The molecule has 0 fully saturated rings. The van der Waals surface area contributed by atoms with Crippen molar-refractivity contribution in [2.75, 3.05) is 4.90 Å². The molecule has 3 heterocycles. The molecule has 12 aromatic rings. The number of hydrogen-bond acceptors (Lipinski definition) is 6. The molecule has 0 unspecified atom stereocenters. The van der Waals surface area contributed by atoms with Crippen LogP contribution < -0.4 is 4.90 Å². The van der Waals surface area contributed by atoms with Gasteiger partial charge in [-0.2, -0.15) is 0 Å². The van der Waals surface area contributed by atoms with E-state index in [-0.39, 0.29) is 0 Å². The van der Waals surface area contributed by atoms with Crippen molar-refractivity contribution < 1.29 is 8.83 Å². The Morgan fingerprint density at radius 2 is 0.910 bits per heavy atom. The Morgan fingerprint density at radius 1 is 0.373 bits per heavy atom. The minimum absolute atomic E-state index is 0.580. The van der Waals surface area contributed by atoms with E-state index >= 15 is 0 Å². The first-order chi connectivity index (χ1) is 33.1. The van der Waals surface area contributed by atoms with Crippen LogP contribution in [0.1, 0.15) is 25.0 Å². The molecular formula is C61H44N4O2. The summed E-state index contributed by atoms with van der Waals surface area (Å²) in [5.41, 5.74) is 16.3. The Morgan fingerprint density at radius 3 is 1.60 bits per heavy atom. The van der Waals surface area contributed by atoms with Crippen LogP contribution in [0.25, 0.3) is 100 Å². The van der Waals surface area contributed by atoms with E-state index in [2.05, 4.69) is 140 Å². The van der Waals surface area contributed by atoms with Crippen molar-refractivity contribution in [3.63, 3.8) is 0 Å². The first-order valence-electron chi connectivity index (χ1n) is 23.0. The number of aromatic nitrogens is 3. The van der Waals surface area contributed by atoms with Crippen LogP contribution in [0.2, 0.25) is 0 Å². The summed E-state index contributed by atoms with van der Waals surface area (Å²) in [5.74, 6) is 1.80. The van der Waals surface area contributed by atoms with Gasteiger partial charge >= 0.3 is 0 Å². The molecule has 0 saturated heterocycles. The molecule has 0 N–H and O–H groups in total. The maximum absolute atomic E-state index is 6.67. The molecule has 12 rings (SSSR count). The van der Waals surface area contributed by atoms with E-state index in [1.54, 1.807) is 0 Å². The second-order valence-corrected chi connectivity index (χ2v) is 16.9. The van der Waals surface area contributed by atoms with Gasteiger partial charge in [-0.3, -0.25) is 0 Å². The van der Waals surface area contributed by atoms with E-state index < -0.39 is 0 Å². The van der Waals surface area contributed by atoms with E-state index in [1.165, 1.54) is 22.3 Å². The highest BCUT2D eigenvalue weighted by molar-refractivity contribution is 6.13. The van der Waals surface area contributed by atoms with E-state index in [4.69, 9.17) is 23.8 Å². The Balaban J connectivity index is 1.06. The highest BCUT2D eigenvalue weighted by Gasteiger charge is 2.24. The topological polar surface area (TPSA) is 68.2 Å². The van der Waals surface area contributed by atoms with Gasteiger partial charge in [0.2, 0.25) is 0 Å². The van der Waals surface area contributed by atoms with Gasteiger partial charge in [-0.25, -0.2) is 15.0 Å². The lowest BCUT2D eigenvalue weighted by atomic mass is 9.96. The van der Waals surface area contributed by atoms with Crippen molar-refractivity contribution in [2.24, 2.45) is 0 Å². The summed E-state index contributed by atoms with van der Waals surface area (Å²) < 4.78 is 13.2. The monoisotopic (exact) mass is 864 g/mol. The number of furan rings is 2. The summed E-state index contributed by atoms with van der Waals surface area (Å²) in [6.07, 6.45) is 1.65. The van der Waals surface area contributed by atoms with Crippen molar-refractivity contribution in [2.45, 2.75) is 26.7 Å². The largest absolute Gasteiger partial charge is 0.456 e. The van der Waals surface area contributed by atoms with Crippen LogP contribution in [-0.4, -0.2) is 15.0 Å². The summed E-state index contributed by atoms with van der Waals surface area (Å²) in [6, 6.07) is 72.0. The lowest BCUT2D eigenvalue weighted by Crippen LogP contribution is -2.14. The SMILES string of the molecule is CCc1cc(-c2ccccc2)ccc1N(c1ccc2oc3cccc(-c4nc(-c5ccccc5)nc(-c5ccccc5)n4)c3c2c1)c1ccc(-c2cccc3c2oc2ccccc23)cc1CC. The van der Waals surface area contributed by atoms with E-state index in [0.717, 1.165) is 102 Å². The maximum Gasteiger partial charge on any atom is 0.164 e. The minimum atomic E-state index is 0.580. The van der Waals surface area contributed by atoms with Crippen molar-refractivity contribution in [3.05, 3.63) is 217 Å². The van der Waals surface area contributed by atoms with Gasteiger partial charge in [0.05, 0.1) is 0 Å². The van der Waals surface area contributed by atoms with Crippen molar-refractivity contribution >= 4 is 60.9 Å². The van der Waals surface area contributed by atoms with Crippen LogP contribution in [0.3, 0.4) is 0 Å². The average Bonchev–Trinajstić information content (AvgIpc) is 3.98. The lowest BCUT2D eigenvalue weighted by Gasteiger charge is -2.30. The van der Waals surface area contributed by atoms with Crippen LogP contribution in [0.15, 0.2) is 215 Å². The van der Waals surface area contributed by atoms with Crippen molar-refractivity contribution in [3.8, 4) is 56.4 Å². The van der Waals surface area contributed by atoms with Crippen molar-refractivity contribution in [1.82, 2.24) is 15.0 Å². The maximum atomic E-state index is 6.67. The van der Waals surface area contributed by atoms with Gasteiger partial charge in [-0.15, -0.1) is 0 Å². The molecule has 0 bridgehead atoms. The molecule has 0 amide bonds. The minimum Gasteiger partial charge on any atom is -0.456 e. The molecule has 9 aromatic carbocycles. The molecule has 0 aliphatic carbocycles. The van der Waals surface area contributed by atoms with Gasteiger partial charge < -0.3 is 13.7 Å². The quantitative estimate of drug-likeness (QED) is 0.136. The fourth-order valence-electron chi connectivity index (χ4n) is 9.60. The number of nitrogens with zero attached hydrogens (tertiary/aromatic N) is 4. The van der Waals surface area contributed by atoms with Gasteiger partial charge in [0.15, 0.2) is 17.5 Å². The molecule has 67 heavy (non-hydrogen) atoms. The fraction of sp³-hybridized carbons (Fsp3) is 0.0656. The number of hydrogen-bond donors (Lipinski definition) is 0. The normalized spacial score (nSPS) is 11.6. The van der Waals surface area contributed by atoms with Gasteiger partial charge in [0, 0.05) is 60.9 Å². The van der Waals surface area contributed by atoms with Crippen LogP contribution in [0.4, 0.5) is 17.1 Å². The number of aryl methyl sites for hydroxylation is 2. The molecule has 0 spiro atoms. The van der Waals surface area contributed by atoms with Crippen LogP contribution in [0.5, 0.6) is 0 Å². The van der Waals surface area contributed by atoms with Gasteiger partial charge in [0.1, 0.15) is 22.3 Å². The Hall–Kier alpha value is -8.61. The first-order valence-corrected chi connectivity index (χ1v) is 23.0. The molecule has 6 nitrogen and oxygen atoms in total. The van der Waals surface area contributed by atoms with Gasteiger partial charge in [0.25, 0.3) is 0 Å². The Labute approximate surface area is 388 Å². The van der Waals surface area contributed by atoms with E-state index in [9.17, 15) is 0 Å². The second kappa shape index (κ2) is 16.7. The van der Waals surface area contributed by atoms with Crippen LogP contribution in [0, 0.1) is 0 Å². The molecular weight excluding hydrogens is 821 g/mol. The standard InChI is InChI=1S/C61H44N4O2/c1-3-39-36-44(41-18-8-5-9-19-41)30-33-52(39)65(53-34-31-45(37-40(53)4-2)47-25-16-26-49-48-24-14-15-28-54(48)67-58(47)49)46-32-35-55-51(38-46)57-50(27-17-29-56(57)66-55)61-63-59(42-20-10-6-11-21-42)62-60(64-61)43-22-12-7-13-23-43/h5-38H,3-4H2,1-2H3. The summed E-state index contributed by atoms with van der Waals surface area (Å²) in [4.78, 5) is 17.7. The molecule has 0 aliphatic heterocycles. The molecule has 0 radical (unpaired) electrons. The summed E-state index contributed by atoms with van der Waals surface area (Å²) >= 11 is 0. The summed E-state index contributed by atoms with van der Waals surface area (Å²) in [6.45, 7) is 4.48. The molecule has 6 heteroatoms. The zero-order valence-corrected chi connectivity index (χ0v) is 37.1. The smallest absolute Gasteiger partial charge is 0.164 e. The predicted octanol–water partition coefficient (Wildman–Crippen LogP) is 16.6. The molecule has 3 aromatic heterocycles. The Bertz CT molecular complexity index is 3730. The van der Waals surface area contributed by atoms with E-state index in [0.29, 0.717) is 17.5 Å². The molecule has 320 valence electrons. The third kappa shape index (κ3) is 7.11. The van der Waals surface area contributed by atoms with Crippen LogP contribution in [-0.2, 0) is 12.8 Å². The number of fused-ring (bicyclic) bond motifs is 6. The predicted molar refractivity (Wildman–Crippen MR) is 275 cm³/mol. The van der Waals surface area contributed by atoms with Crippen molar-refractivity contribution in [1.29, 1.82) is 0 Å². The highest BCUT2D eigenvalue weighted by atomic mass is 16.3. The van der Waals surface area contributed by atoms with Gasteiger partial charge in [-0.1, -0.05) is 166 Å². The number of para-hydroxylation sites is 2. The molecule has 0 aliphatic rings. The molecule has 0 atom stereocenters. The average molecular weight is 865 g/mol. The highest BCUT2D eigenvalue weighted by Crippen LogP contribution is 2.46. The van der Waals surface area contributed by atoms with Gasteiger partial charge in [-0.05, 0) is 95.3 Å². The number of rotatable bonds is 10. The molecule has 0 saturated carbocycles. The number of benzene rings is 9. The third-order valence-electron chi connectivity index (χ3n) is 12.9. The summed E-state index contributed by atoms with van der Waals surface area (Å²) in [5, 5.41) is 4.16. The summed E-state index contributed by atoms with van der Waals surface area (Å²) in [7, 11) is 0. The first kappa shape index (κ1) is 39.9. The third-order valence-corrected chi connectivity index (χ3v) is 12.9. The van der Waals surface area contributed by atoms with E-state index in [1.807, 2.05) is 84.9 Å². The number of anilines is 3. The fourth-order valence-corrected chi connectivity index (χ4v) is 9.60. The lowest BCUT2D eigenvalue weighted by molar-refractivity contribution is 0.669. The van der Waals surface area contributed by atoms with Crippen LogP contribution >= 0.6 is 0 Å². The Kier molecular flexibility index (Phi) is 9.98. The zero-order chi connectivity index (χ0) is 44.8. The second-order valence-electron chi connectivity index (χ2n) is 16.9. The zero-order valence-electron chi connectivity index (χ0n) is 37.1.